The normalized spacial score (nSPS) is 17.1. The van der Waals surface area contributed by atoms with Crippen molar-refractivity contribution < 1.29 is 0 Å². The average Bonchev–Trinajstić information content (AvgIpc) is 2.69. The number of anilines is 1. The summed E-state index contributed by atoms with van der Waals surface area (Å²) in [6.07, 6.45) is 8.03. The zero-order valence-electron chi connectivity index (χ0n) is 7.49. The van der Waals surface area contributed by atoms with Crippen LogP contribution in [0.5, 0.6) is 0 Å². The Morgan fingerprint density at radius 3 is 2.85 bits per heavy atom. The van der Waals surface area contributed by atoms with Gasteiger partial charge in [-0.25, -0.2) is 4.98 Å². The van der Waals surface area contributed by atoms with Crippen LogP contribution in [0.25, 0.3) is 0 Å². The predicted octanol–water partition coefficient (Wildman–Crippen LogP) is 2.88. The third-order valence-corrected chi connectivity index (χ3v) is 2.85. The number of hydrazone groups is 1. The van der Waals surface area contributed by atoms with Crippen molar-refractivity contribution in [3.05, 3.63) is 11.6 Å². The SMILES string of the molecule is c1csc(NN=C2CCCCC2)n1. The van der Waals surface area contributed by atoms with Crippen LogP contribution in [0.3, 0.4) is 0 Å². The summed E-state index contributed by atoms with van der Waals surface area (Å²) in [6.45, 7) is 0. The molecule has 1 N–H and O–H groups in total. The maximum Gasteiger partial charge on any atom is 0.203 e. The molecule has 0 atom stereocenters. The zero-order valence-corrected chi connectivity index (χ0v) is 8.31. The first-order valence-electron chi connectivity index (χ1n) is 4.66. The quantitative estimate of drug-likeness (QED) is 0.737. The van der Waals surface area contributed by atoms with E-state index in [1.165, 1.54) is 25.0 Å². The molecule has 0 unspecified atom stereocenters. The van der Waals surface area contributed by atoms with Gasteiger partial charge in [-0.15, -0.1) is 11.3 Å². The number of hydrogen-bond donors (Lipinski definition) is 1. The molecule has 1 heterocycles. The molecule has 4 heteroatoms. The second-order valence-corrected chi connectivity index (χ2v) is 4.08. The highest BCUT2D eigenvalue weighted by Gasteiger charge is 2.06. The Kier molecular flexibility index (Phi) is 2.92. The fraction of sp³-hybridized carbons (Fsp3) is 0.556. The van der Waals surface area contributed by atoms with Crippen LogP contribution in [0.4, 0.5) is 5.13 Å². The Balaban J connectivity index is 1.89. The molecular formula is C9H13N3S. The van der Waals surface area contributed by atoms with Crippen molar-refractivity contribution in [2.24, 2.45) is 5.10 Å². The molecule has 13 heavy (non-hydrogen) atoms. The van der Waals surface area contributed by atoms with Gasteiger partial charge in [0.1, 0.15) is 0 Å². The van der Waals surface area contributed by atoms with Crippen LogP contribution in [0, 0.1) is 0 Å². The van der Waals surface area contributed by atoms with Crippen molar-refractivity contribution >= 4 is 22.2 Å². The average molecular weight is 195 g/mol. The van der Waals surface area contributed by atoms with Gasteiger partial charge < -0.3 is 0 Å². The van der Waals surface area contributed by atoms with Crippen molar-refractivity contribution in [3.8, 4) is 0 Å². The van der Waals surface area contributed by atoms with Gasteiger partial charge in [0.05, 0.1) is 0 Å². The van der Waals surface area contributed by atoms with Crippen LogP contribution in [0.1, 0.15) is 32.1 Å². The molecule has 0 bridgehead atoms. The van der Waals surface area contributed by atoms with Crippen molar-refractivity contribution in [1.29, 1.82) is 0 Å². The third-order valence-electron chi connectivity index (χ3n) is 2.17. The van der Waals surface area contributed by atoms with Gasteiger partial charge in [-0.1, -0.05) is 6.42 Å². The van der Waals surface area contributed by atoms with Crippen molar-refractivity contribution in [2.75, 3.05) is 5.43 Å². The highest BCUT2D eigenvalue weighted by molar-refractivity contribution is 7.13. The van der Waals surface area contributed by atoms with Gasteiger partial charge in [0, 0.05) is 17.3 Å². The minimum absolute atomic E-state index is 0.887. The molecule has 0 spiro atoms. The number of thiazole rings is 1. The summed E-state index contributed by atoms with van der Waals surface area (Å²) in [5.41, 5.74) is 4.28. The highest BCUT2D eigenvalue weighted by atomic mass is 32.1. The Bertz CT molecular complexity index is 271. The molecule has 0 radical (unpaired) electrons. The molecule has 1 fully saturated rings. The van der Waals surface area contributed by atoms with Gasteiger partial charge in [0.25, 0.3) is 0 Å². The largest absolute Gasteiger partial charge is 0.253 e. The topological polar surface area (TPSA) is 37.3 Å². The van der Waals surface area contributed by atoms with E-state index in [9.17, 15) is 0 Å². The van der Waals surface area contributed by atoms with Gasteiger partial charge in [-0.2, -0.15) is 5.10 Å². The summed E-state index contributed by atoms with van der Waals surface area (Å²) in [6, 6.07) is 0. The van der Waals surface area contributed by atoms with E-state index < -0.39 is 0 Å². The minimum Gasteiger partial charge on any atom is -0.253 e. The molecule has 0 aliphatic heterocycles. The first kappa shape index (κ1) is 8.69. The van der Waals surface area contributed by atoms with E-state index in [0.717, 1.165) is 18.0 Å². The molecule has 1 aliphatic rings. The second-order valence-electron chi connectivity index (χ2n) is 3.19. The third kappa shape index (κ3) is 2.52. The van der Waals surface area contributed by atoms with E-state index in [1.54, 1.807) is 17.5 Å². The van der Waals surface area contributed by atoms with E-state index in [0.29, 0.717) is 0 Å². The van der Waals surface area contributed by atoms with Crippen molar-refractivity contribution in [3.63, 3.8) is 0 Å². The van der Waals surface area contributed by atoms with Gasteiger partial charge in [0.15, 0.2) is 0 Å². The van der Waals surface area contributed by atoms with Gasteiger partial charge in [-0.05, 0) is 25.7 Å². The standard InChI is InChI=1S/C9H13N3S/c1-2-4-8(5-3-1)11-12-9-10-6-7-13-9/h6-7H,1-5H2,(H,10,12). The zero-order chi connectivity index (χ0) is 8.93. The molecule has 0 saturated heterocycles. The molecule has 1 aliphatic carbocycles. The second kappa shape index (κ2) is 4.37. The fourth-order valence-corrected chi connectivity index (χ4v) is 1.95. The van der Waals surface area contributed by atoms with Crippen LogP contribution in [0.2, 0.25) is 0 Å². The Morgan fingerprint density at radius 1 is 1.31 bits per heavy atom. The van der Waals surface area contributed by atoms with E-state index in [4.69, 9.17) is 0 Å². The van der Waals surface area contributed by atoms with Crippen LogP contribution < -0.4 is 5.43 Å². The van der Waals surface area contributed by atoms with E-state index in [2.05, 4.69) is 15.5 Å². The monoisotopic (exact) mass is 195 g/mol. The number of nitrogens with zero attached hydrogens (tertiary/aromatic N) is 2. The van der Waals surface area contributed by atoms with Crippen molar-refractivity contribution in [2.45, 2.75) is 32.1 Å². The molecule has 1 aromatic heterocycles. The lowest BCUT2D eigenvalue weighted by atomic mass is 9.99. The maximum atomic E-state index is 4.34. The summed E-state index contributed by atoms with van der Waals surface area (Å²) in [7, 11) is 0. The van der Waals surface area contributed by atoms with E-state index in [1.807, 2.05) is 5.38 Å². The summed E-state index contributed by atoms with van der Waals surface area (Å²) in [5.74, 6) is 0. The Morgan fingerprint density at radius 2 is 2.15 bits per heavy atom. The van der Waals surface area contributed by atoms with E-state index >= 15 is 0 Å². The predicted molar refractivity (Wildman–Crippen MR) is 56.3 cm³/mol. The van der Waals surface area contributed by atoms with E-state index in [-0.39, 0.29) is 0 Å². The maximum absolute atomic E-state index is 4.34. The van der Waals surface area contributed by atoms with Crippen LogP contribution >= 0.6 is 11.3 Å². The molecular weight excluding hydrogens is 182 g/mol. The van der Waals surface area contributed by atoms with Gasteiger partial charge in [-0.3, -0.25) is 5.43 Å². The lowest BCUT2D eigenvalue weighted by molar-refractivity contribution is 0.665. The van der Waals surface area contributed by atoms with Crippen LogP contribution in [-0.2, 0) is 0 Å². The lowest BCUT2D eigenvalue weighted by Gasteiger charge is -2.11. The summed E-state index contributed by atoms with van der Waals surface area (Å²) in [5, 5.41) is 7.18. The molecule has 1 saturated carbocycles. The summed E-state index contributed by atoms with van der Waals surface area (Å²) in [4.78, 5) is 4.10. The number of nitrogens with one attached hydrogen (secondary N) is 1. The molecule has 3 nitrogen and oxygen atoms in total. The van der Waals surface area contributed by atoms with Crippen LogP contribution in [0.15, 0.2) is 16.7 Å². The first-order valence-corrected chi connectivity index (χ1v) is 5.54. The smallest absolute Gasteiger partial charge is 0.203 e. The number of hydrogen-bond acceptors (Lipinski definition) is 4. The Hall–Kier alpha value is -0.900. The van der Waals surface area contributed by atoms with Crippen molar-refractivity contribution in [1.82, 2.24) is 4.98 Å². The minimum atomic E-state index is 0.887. The Labute approximate surface area is 81.9 Å². The van der Waals surface area contributed by atoms with Crippen LogP contribution in [-0.4, -0.2) is 10.7 Å². The molecule has 2 rings (SSSR count). The van der Waals surface area contributed by atoms with Gasteiger partial charge >= 0.3 is 0 Å². The molecule has 0 aromatic carbocycles. The van der Waals surface area contributed by atoms with Gasteiger partial charge in [0.2, 0.25) is 5.13 Å². The molecule has 0 amide bonds. The summed E-state index contributed by atoms with van der Waals surface area (Å²) >= 11 is 1.58. The lowest BCUT2D eigenvalue weighted by Crippen LogP contribution is -2.06. The number of rotatable bonds is 2. The summed E-state index contributed by atoms with van der Waals surface area (Å²) < 4.78 is 0. The number of aromatic nitrogens is 1. The molecule has 1 aromatic rings. The highest BCUT2D eigenvalue weighted by Crippen LogP contribution is 2.16. The fourth-order valence-electron chi connectivity index (χ4n) is 1.48. The molecule has 70 valence electrons. The first-order chi connectivity index (χ1) is 6.45.